The molecule has 0 aromatic heterocycles. The van der Waals surface area contributed by atoms with Crippen molar-refractivity contribution < 1.29 is 43.9 Å². The molecule has 0 radical (unpaired) electrons. The van der Waals surface area contributed by atoms with Crippen molar-refractivity contribution in [2.75, 3.05) is 0 Å². The summed E-state index contributed by atoms with van der Waals surface area (Å²) in [5, 5.41) is 0. The lowest BCUT2D eigenvalue weighted by atomic mass is 10.2. The number of rotatable bonds is 3. The summed E-state index contributed by atoms with van der Waals surface area (Å²) in [6.07, 6.45) is 0. The molecule has 0 atom stereocenters. The summed E-state index contributed by atoms with van der Waals surface area (Å²) in [6.45, 7) is 0. The van der Waals surface area contributed by atoms with E-state index in [-0.39, 0.29) is 11.8 Å². The van der Waals surface area contributed by atoms with Crippen LogP contribution < -0.4 is 0 Å². The molecule has 0 spiro atoms. The summed E-state index contributed by atoms with van der Waals surface area (Å²) in [6, 6.07) is 0. The van der Waals surface area contributed by atoms with Crippen LogP contribution in [0, 0.1) is 58.2 Å². The van der Waals surface area contributed by atoms with E-state index in [2.05, 4.69) is 0 Å². The van der Waals surface area contributed by atoms with Gasteiger partial charge in [-0.1, -0.05) is 0 Å². The van der Waals surface area contributed by atoms with Crippen LogP contribution in [-0.4, -0.2) is 0 Å². The molecule has 0 aliphatic heterocycles. The van der Waals surface area contributed by atoms with Gasteiger partial charge in [0, 0.05) is 11.3 Å². The number of benzene rings is 2. The molecule has 0 bridgehead atoms. The fraction of sp³-hybridized carbons (Fsp3) is 0.0769. The van der Waals surface area contributed by atoms with Crippen molar-refractivity contribution in [2.24, 2.45) is 0 Å². The maximum atomic E-state index is 13.4. The van der Waals surface area contributed by atoms with Gasteiger partial charge < -0.3 is 0 Å². The minimum absolute atomic E-state index is 0.317. The van der Waals surface area contributed by atoms with Gasteiger partial charge in [0.25, 0.3) is 0 Å². The molecule has 0 N–H and O–H groups in total. The molecule has 0 amide bonds. The van der Waals surface area contributed by atoms with E-state index in [1.54, 1.807) is 0 Å². The third-order valence-corrected chi connectivity index (χ3v) is 3.91. The number of thioether (sulfide) groups is 1. The maximum absolute atomic E-state index is 13.4. The zero-order chi connectivity index (χ0) is 18.3. The van der Waals surface area contributed by atoms with Crippen molar-refractivity contribution in [3.8, 4) is 0 Å². The van der Waals surface area contributed by atoms with Crippen molar-refractivity contribution >= 4 is 11.8 Å². The first-order valence-corrected chi connectivity index (χ1v) is 6.72. The fourth-order valence-corrected chi connectivity index (χ4v) is 2.61. The van der Waals surface area contributed by atoms with Crippen molar-refractivity contribution in [1.29, 1.82) is 0 Å². The Morgan fingerprint density at radius 1 is 0.417 bits per heavy atom. The van der Waals surface area contributed by atoms with E-state index in [0.29, 0.717) is 0 Å². The van der Waals surface area contributed by atoms with Crippen molar-refractivity contribution in [3.05, 3.63) is 63.7 Å². The highest BCUT2D eigenvalue weighted by molar-refractivity contribution is 7.98. The molecule has 11 heteroatoms. The normalized spacial score (nSPS) is 11.2. The van der Waals surface area contributed by atoms with Crippen LogP contribution >= 0.6 is 11.8 Å². The Balaban J connectivity index is 2.48. The molecule has 0 nitrogen and oxygen atoms in total. The summed E-state index contributed by atoms with van der Waals surface area (Å²) in [5.41, 5.74) is -1.47. The van der Waals surface area contributed by atoms with E-state index in [0.717, 1.165) is 0 Å². The van der Waals surface area contributed by atoms with Crippen LogP contribution in [0.3, 0.4) is 0 Å². The van der Waals surface area contributed by atoms with Crippen molar-refractivity contribution in [2.45, 2.75) is 10.6 Å². The first-order valence-electron chi connectivity index (χ1n) is 5.74. The van der Waals surface area contributed by atoms with Gasteiger partial charge in [-0.25, -0.2) is 43.9 Å². The van der Waals surface area contributed by atoms with Gasteiger partial charge in [0.2, 0.25) is 11.6 Å². The summed E-state index contributed by atoms with van der Waals surface area (Å²) in [4.78, 5) is -1.52. The van der Waals surface area contributed by atoms with Gasteiger partial charge in [0.15, 0.2) is 46.5 Å². The first-order chi connectivity index (χ1) is 11.1. The molecular formula is C13H2F10S. The van der Waals surface area contributed by atoms with Crippen LogP contribution in [-0.2, 0) is 5.75 Å². The molecule has 0 aliphatic carbocycles. The van der Waals surface area contributed by atoms with E-state index in [1.807, 2.05) is 0 Å². The van der Waals surface area contributed by atoms with Crippen molar-refractivity contribution in [3.63, 3.8) is 0 Å². The Bertz CT molecular complexity index is 705. The first kappa shape index (κ1) is 18.4. The zero-order valence-electron chi connectivity index (χ0n) is 10.9. The van der Waals surface area contributed by atoms with E-state index in [9.17, 15) is 43.9 Å². The molecule has 0 fully saturated rings. The fourth-order valence-electron chi connectivity index (χ4n) is 1.63. The molecule has 130 valence electrons. The molecule has 2 aromatic rings. The van der Waals surface area contributed by atoms with Crippen LogP contribution in [0.15, 0.2) is 4.90 Å². The molecule has 2 rings (SSSR count). The molecule has 2 aromatic carbocycles. The highest BCUT2D eigenvalue weighted by Gasteiger charge is 2.29. The Morgan fingerprint density at radius 3 is 1.08 bits per heavy atom. The lowest BCUT2D eigenvalue weighted by Crippen LogP contribution is -2.07. The van der Waals surface area contributed by atoms with Crippen LogP contribution in [0.1, 0.15) is 5.56 Å². The van der Waals surface area contributed by atoms with Gasteiger partial charge in [-0.3, -0.25) is 0 Å². The second-order valence-corrected chi connectivity index (χ2v) is 5.22. The van der Waals surface area contributed by atoms with Gasteiger partial charge in [-0.2, -0.15) is 0 Å². The highest BCUT2D eigenvalue weighted by atomic mass is 32.2. The second-order valence-electron chi connectivity index (χ2n) is 4.24. The van der Waals surface area contributed by atoms with E-state index >= 15 is 0 Å². The molecular weight excluding hydrogens is 378 g/mol. The van der Waals surface area contributed by atoms with Crippen LogP contribution in [0.25, 0.3) is 0 Å². The minimum Gasteiger partial charge on any atom is -0.203 e. The number of halogens is 10. The van der Waals surface area contributed by atoms with Gasteiger partial charge in [-0.05, 0) is 0 Å². The average Bonchev–Trinajstić information content (AvgIpc) is 2.57. The lowest BCUT2D eigenvalue weighted by molar-refractivity contribution is 0.360. The van der Waals surface area contributed by atoms with Gasteiger partial charge in [0.1, 0.15) is 0 Å². The topological polar surface area (TPSA) is 0 Å². The molecule has 0 aliphatic rings. The second kappa shape index (κ2) is 6.54. The predicted molar refractivity (Wildman–Crippen MR) is 62.0 cm³/mol. The smallest absolute Gasteiger partial charge is 0.200 e. The maximum Gasteiger partial charge on any atom is 0.200 e. The Labute approximate surface area is 131 Å². The quantitative estimate of drug-likeness (QED) is 0.299. The van der Waals surface area contributed by atoms with E-state index < -0.39 is 74.4 Å². The van der Waals surface area contributed by atoms with Gasteiger partial charge >= 0.3 is 0 Å². The van der Waals surface area contributed by atoms with Crippen LogP contribution in [0.5, 0.6) is 0 Å². The number of hydrogen-bond acceptors (Lipinski definition) is 1. The monoisotopic (exact) mass is 380 g/mol. The molecule has 0 unspecified atom stereocenters. The van der Waals surface area contributed by atoms with Crippen LogP contribution in [0.2, 0.25) is 0 Å². The zero-order valence-corrected chi connectivity index (χ0v) is 11.7. The summed E-state index contributed by atoms with van der Waals surface area (Å²) in [5.74, 6) is -24.5. The van der Waals surface area contributed by atoms with Gasteiger partial charge in [0.05, 0.1) is 4.90 Å². The largest absolute Gasteiger partial charge is 0.203 e. The number of hydrogen-bond donors (Lipinski definition) is 0. The molecule has 24 heavy (non-hydrogen) atoms. The van der Waals surface area contributed by atoms with Gasteiger partial charge in [-0.15, -0.1) is 11.8 Å². The highest BCUT2D eigenvalue weighted by Crippen LogP contribution is 2.35. The third-order valence-electron chi connectivity index (χ3n) is 2.83. The summed E-state index contributed by atoms with van der Waals surface area (Å²) >= 11 is -0.317. The molecule has 0 saturated heterocycles. The van der Waals surface area contributed by atoms with Crippen molar-refractivity contribution in [1.82, 2.24) is 0 Å². The Hall–Kier alpha value is -1.91. The predicted octanol–water partition coefficient (Wildman–Crippen LogP) is 5.37. The standard InChI is InChI=1S/C13H2F10S/c14-3-2(4(15)6(17)7(18)5(3)16)1-24-13-11(22)9(20)8(19)10(21)12(13)23/h1H2. The van der Waals surface area contributed by atoms with Crippen LogP contribution in [0.4, 0.5) is 43.9 Å². The third kappa shape index (κ3) is 2.80. The Morgan fingerprint density at radius 2 is 0.708 bits per heavy atom. The summed E-state index contributed by atoms with van der Waals surface area (Å²) in [7, 11) is 0. The molecule has 0 saturated carbocycles. The van der Waals surface area contributed by atoms with E-state index in [1.165, 1.54) is 0 Å². The Kier molecular flexibility index (Phi) is 5.02. The summed E-state index contributed by atoms with van der Waals surface area (Å²) < 4.78 is 131. The molecule has 0 heterocycles. The van der Waals surface area contributed by atoms with E-state index in [4.69, 9.17) is 0 Å². The minimum atomic E-state index is -2.45. The average molecular weight is 380 g/mol. The SMILES string of the molecule is Fc1c(F)c(F)c(CSc2c(F)c(F)c(F)c(F)c2F)c(F)c1F. The lowest BCUT2D eigenvalue weighted by Gasteiger charge is -2.10.